The van der Waals surface area contributed by atoms with Gasteiger partial charge in [0.15, 0.2) is 11.5 Å². The summed E-state index contributed by atoms with van der Waals surface area (Å²) >= 11 is 6.48. The van der Waals surface area contributed by atoms with E-state index in [4.69, 9.17) is 17.3 Å². The standard InChI is InChI=1S/C23H17ClFN7O/c1-31-12-13(8-9-19(31)33)20-21(14-5-2-3-6-15(14)24)29-23(26)32-22(20)28-18(30-32)11-17-16(25)7-4-10-27-17/h2-10,12H,11H2,1H3,(H2,26,29). The summed E-state index contributed by atoms with van der Waals surface area (Å²) in [6.07, 6.45) is 3.26. The first-order chi connectivity index (χ1) is 15.9. The third-order valence-electron chi connectivity index (χ3n) is 5.22. The zero-order chi connectivity index (χ0) is 23.1. The van der Waals surface area contributed by atoms with E-state index in [1.54, 1.807) is 25.4 Å². The normalized spacial score (nSPS) is 11.2. The molecule has 0 aliphatic rings. The highest BCUT2D eigenvalue weighted by atomic mass is 35.5. The molecule has 1 aromatic carbocycles. The predicted octanol–water partition coefficient (Wildman–Crippen LogP) is 3.52. The molecule has 2 N–H and O–H groups in total. The topological polar surface area (TPSA) is 104 Å². The molecule has 0 spiro atoms. The molecule has 0 radical (unpaired) electrons. The average Bonchev–Trinajstić information content (AvgIpc) is 3.22. The van der Waals surface area contributed by atoms with Crippen LogP contribution in [0.3, 0.4) is 0 Å². The summed E-state index contributed by atoms with van der Waals surface area (Å²) < 4.78 is 17.0. The third-order valence-corrected chi connectivity index (χ3v) is 5.55. The van der Waals surface area contributed by atoms with Gasteiger partial charge in [-0.05, 0) is 24.3 Å². The molecule has 0 aliphatic heterocycles. The molecule has 33 heavy (non-hydrogen) atoms. The van der Waals surface area contributed by atoms with Gasteiger partial charge in [-0.3, -0.25) is 9.78 Å². The highest BCUT2D eigenvalue weighted by molar-refractivity contribution is 6.33. The van der Waals surface area contributed by atoms with Crippen molar-refractivity contribution in [1.82, 2.24) is 29.1 Å². The fraction of sp³-hybridized carbons (Fsp3) is 0.0870. The molecule has 0 saturated carbocycles. The molecular weight excluding hydrogens is 445 g/mol. The number of anilines is 1. The third kappa shape index (κ3) is 3.72. The lowest BCUT2D eigenvalue weighted by Crippen LogP contribution is -2.14. The number of pyridine rings is 2. The Kier molecular flexibility index (Phi) is 5.10. The maximum atomic E-state index is 14.2. The van der Waals surface area contributed by atoms with Crippen LogP contribution in [-0.4, -0.2) is 29.1 Å². The molecule has 4 heterocycles. The van der Waals surface area contributed by atoms with Gasteiger partial charge in [0.1, 0.15) is 5.82 Å². The zero-order valence-electron chi connectivity index (χ0n) is 17.4. The van der Waals surface area contributed by atoms with Crippen LogP contribution in [0.15, 0.2) is 65.7 Å². The molecule has 10 heteroatoms. The molecule has 0 unspecified atom stereocenters. The Morgan fingerprint density at radius 2 is 1.91 bits per heavy atom. The van der Waals surface area contributed by atoms with Crippen molar-refractivity contribution in [2.75, 3.05) is 5.73 Å². The molecule has 0 saturated heterocycles. The fourth-order valence-electron chi connectivity index (χ4n) is 3.63. The van der Waals surface area contributed by atoms with Gasteiger partial charge in [0.2, 0.25) is 11.5 Å². The van der Waals surface area contributed by atoms with Crippen LogP contribution in [0.4, 0.5) is 10.3 Å². The molecule has 0 atom stereocenters. The second kappa shape index (κ2) is 8.10. The number of aromatic nitrogens is 6. The van der Waals surface area contributed by atoms with E-state index in [-0.39, 0.29) is 23.6 Å². The number of rotatable bonds is 4. The van der Waals surface area contributed by atoms with Crippen LogP contribution in [0.2, 0.25) is 5.02 Å². The van der Waals surface area contributed by atoms with E-state index in [1.165, 1.54) is 33.5 Å². The van der Waals surface area contributed by atoms with Crippen molar-refractivity contribution < 1.29 is 4.39 Å². The number of aryl methyl sites for hydroxylation is 1. The number of nitrogens with two attached hydrogens (primary N) is 1. The van der Waals surface area contributed by atoms with E-state index in [0.29, 0.717) is 38.9 Å². The van der Waals surface area contributed by atoms with Crippen LogP contribution in [0.1, 0.15) is 11.5 Å². The van der Waals surface area contributed by atoms with Crippen LogP contribution in [-0.2, 0) is 13.5 Å². The quantitative estimate of drug-likeness (QED) is 0.439. The molecule has 0 amide bonds. The molecule has 8 nitrogen and oxygen atoms in total. The first-order valence-corrected chi connectivity index (χ1v) is 10.4. The van der Waals surface area contributed by atoms with Crippen molar-refractivity contribution in [2.24, 2.45) is 7.05 Å². The molecule has 5 aromatic rings. The summed E-state index contributed by atoms with van der Waals surface area (Å²) in [6, 6.07) is 13.2. The molecule has 0 aliphatic carbocycles. The van der Waals surface area contributed by atoms with Crippen molar-refractivity contribution in [1.29, 1.82) is 0 Å². The minimum Gasteiger partial charge on any atom is -0.368 e. The van der Waals surface area contributed by atoms with Crippen LogP contribution >= 0.6 is 11.6 Å². The van der Waals surface area contributed by atoms with E-state index >= 15 is 0 Å². The second-order valence-corrected chi connectivity index (χ2v) is 7.82. The lowest BCUT2D eigenvalue weighted by molar-refractivity contribution is 0.601. The van der Waals surface area contributed by atoms with Gasteiger partial charge in [-0.15, -0.1) is 5.10 Å². The molecule has 0 fully saturated rings. The number of hydrogen-bond donors (Lipinski definition) is 1. The predicted molar refractivity (Wildman–Crippen MR) is 123 cm³/mol. The first kappa shape index (κ1) is 20.8. The summed E-state index contributed by atoms with van der Waals surface area (Å²) in [5.41, 5.74) is 9.11. The van der Waals surface area contributed by atoms with Gasteiger partial charge in [0.05, 0.1) is 23.4 Å². The zero-order valence-corrected chi connectivity index (χ0v) is 18.2. The van der Waals surface area contributed by atoms with E-state index < -0.39 is 5.82 Å². The summed E-state index contributed by atoms with van der Waals surface area (Å²) in [6.45, 7) is 0. The van der Waals surface area contributed by atoms with E-state index in [9.17, 15) is 9.18 Å². The minimum absolute atomic E-state index is 0.0714. The van der Waals surface area contributed by atoms with Crippen LogP contribution in [0.25, 0.3) is 28.0 Å². The highest BCUT2D eigenvalue weighted by Crippen LogP contribution is 2.37. The second-order valence-electron chi connectivity index (χ2n) is 7.41. The van der Waals surface area contributed by atoms with Crippen molar-refractivity contribution in [3.63, 3.8) is 0 Å². The first-order valence-electron chi connectivity index (χ1n) is 9.99. The molecule has 4 aromatic heterocycles. The Morgan fingerprint density at radius 3 is 2.67 bits per heavy atom. The molecule has 164 valence electrons. The van der Waals surface area contributed by atoms with Gasteiger partial charge in [0, 0.05) is 41.7 Å². The number of fused-ring (bicyclic) bond motifs is 1. The smallest absolute Gasteiger partial charge is 0.250 e. The van der Waals surface area contributed by atoms with Gasteiger partial charge >= 0.3 is 0 Å². The van der Waals surface area contributed by atoms with Gasteiger partial charge in [0.25, 0.3) is 0 Å². The maximum absolute atomic E-state index is 14.2. The van der Waals surface area contributed by atoms with Crippen molar-refractivity contribution in [2.45, 2.75) is 6.42 Å². The van der Waals surface area contributed by atoms with Gasteiger partial charge in [-0.1, -0.05) is 29.8 Å². The van der Waals surface area contributed by atoms with E-state index in [2.05, 4.69) is 20.1 Å². The van der Waals surface area contributed by atoms with E-state index in [0.717, 1.165) is 0 Å². The van der Waals surface area contributed by atoms with Crippen LogP contribution < -0.4 is 11.3 Å². The summed E-state index contributed by atoms with van der Waals surface area (Å²) in [5.74, 6) is -0.0327. The molecular formula is C23H17ClFN7O. The van der Waals surface area contributed by atoms with Crippen LogP contribution in [0, 0.1) is 5.82 Å². The fourth-order valence-corrected chi connectivity index (χ4v) is 3.85. The van der Waals surface area contributed by atoms with E-state index in [1.807, 2.05) is 18.2 Å². The summed E-state index contributed by atoms with van der Waals surface area (Å²) in [7, 11) is 1.65. The molecule has 0 bridgehead atoms. The van der Waals surface area contributed by atoms with Crippen molar-refractivity contribution >= 4 is 23.2 Å². The van der Waals surface area contributed by atoms with Gasteiger partial charge in [-0.2, -0.15) is 4.52 Å². The largest absolute Gasteiger partial charge is 0.368 e. The Labute approximate surface area is 192 Å². The van der Waals surface area contributed by atoms with Crippen LogP contribution in [0.5, 0.6) is 0 Å². The van der Waals surface area contributed by atoms with Gasteiger partial charge < -0.3 is 10.3 Å². The number of benzene rings is 1. The Balaban J connectivity index is 1.79. The minimum atomic E-state index is -0.447. The number of hydrogen-bond acceptors (Lipinski definition) is 6. The lowest BCUT2D eigenvalue weighted by atomic mass is 10.0. The van der Waals surface area contributed by atoms with Gasteiger partial charge in [-0.25, -0.2) is 14.4 Å². The Morgan fingerprint density at radius 1 is 1.09 bits per heavy atom. The maximum Gasteiger partial charge on any atom is 0.250 e. The Bertz CT molecular complexity index is 1580. The number of nitrogen functional groups attached to an aromatic ring is 1. The monoisotopic (exact) mass is 461 g/mol. The summed E-state index contributed by atoms with van der Waals surface area (Å²) in [4.78, 5) is 25.3. The molecule has 5 rings (SSSR count). The highest BCUT2D eigenvalue weighted by Gasteiger charge is 2.22. The number of halogens is 2. The lowest BCUT2D eigenvalue weighted by Gasteiger charge is -2.13. The average molecular weight is 462 g/mol. The SMILES string of the molecule is Cn1cc(-c2c(-c3ccccc3Cl)nc(N)n3nc(Cc4ncccc4F)nc23)ccc1=O. The Hall–Kier alpha value is -4.11. The van der Waals surface area contributed by atoms with Crippen molar-refractivity contribution in [3.8, 4) is 22.4 Å². The summed E-state index contributed by atoms with van der Waals surface area (Å²) in [5, 5.41) is 4.92. The number of nitrogens with zero attached hydrogens (tertiary/aromatic N) is 6. The van der Waals surface area contributed by atoms with Crippen molar-refractivity contribution in [3.05, 3.63) is 93.6 Å².